The van der Waals surface area contributed by atoms with Crippen LogP contribution in [-0.4, -0.2) is 11.5 Å². The molecular weight excluding hydrogens is 191 g/mol. The predicted octanol–water partition coefficient (Wildman–Crippen LogP) is 2.89. The number of hydrogen-bond acceptors (Lipinski definition) is 2. The summed E-state index contributed by atoms with van der Waals surface area (Å²) in [6, 6.07) is 3.31. The largest absolute Gasteiger partial charge is 0.313 e. The van der Waals surface area contributed by atoms with Crippen molar-refractivity contribution in [3.8, 4) is 0 Å². The van der Waals surface area contributed by atoms with E-state index >= 15 is 0 Å². The van der Waals surface area contributed by atoms with Gasteiger partial charge in [-0.05, 0) is 30.7 Å². The van der Waals surface area contributed by atoms with Crippen LogP contribution in [0.4, 0.5) is 4.39 Å². The molecule has 0 radical (unpaired) electrons. The third-order valence-corrected chi connectivity index (χ3v) is 2.33. The molecular formula is C12H19FN2. The third kappa shape index (κ3) is 5.47. The number of halogens is 1. The van der Waals surface area contributed by atoms with E-state index in [-0.39, 0.29) is 0 Å². The van der Waals surface area contributed by atoms with E-state index in [0.717, 1.165) is 18.7 Å². The van der Waals surface area contributed by atoms with Crippen molar-refractivity contribution in [2.45, 2.75) is 39.2 Å². The number of aromatic nitrogens is 1. The van der Waals surface area contributed by atoms with E-state index in [2.05, 4.69) is 17.2 Å². The molecule has 0 spiro atoms. The fourth-order valence-electron chi connectivity index (χ4n) is 1.46. The number of pyridine rings is 1. The first-order valence-corrected chi connectivity index (χ1v) is 5.64. The van der Waals surface area contributed by atoms with E-state index in [1.807, 2.05) is 6.07 Å². The minimum Gasteiger partial charge on any atom is -0.313 e. The molecule has 1 rings (SSSR count). The fourth-order valence-corrected chi connectivity index (χ4v) is 1.46. The lowest BCUT2D eigenvalue weighted by Crippen LogP contribution is -2.14. The molecule has 0 bridgehead atoms. The highest BCUT2D eigenvalue weighted by Crippen LogP contribution is 2.01. The summed E-state index contributed by atoms with van der Waals surface area (Å²) in [5, 5.41) is 3.29. The lowest BCUT2D eigenvalue weighted by atomic mass is 10.2. The molecule has 0 saturated heterocycles. The molecule has 1 aromatic heterocycles. The van der Waals surface area contributed by atoms with E-state index in [4.69, 9.17) is 0 Å². The molecule has 0 fully saturated rings. The second-order valence-corrected chi connectivity index (χ2v) is 3.72. The Labute approximate surface area is 90.9 Å². The molecule has 0 aliphatic rings. The first kappa shape index (κ1) is 12.1. The number of hydrogen-bond donors (Lipinski definition) is 1. The summed E-state index contributed by atoms with van der Waals surface area (Å²) in [5.41, 5.74) is 0.956. The maximum Gasteiger partial charge on any atom is 0.213 e. The van der Waals surface area contributed by atoms with Crippen molar-refractivity contribution in [2.75, 3.05) is 6.54 Å². The lowest BCUT2D eigenvalue weighted by Gasteiger charge is -2.04. The summed E-state index contributed by atoms with van der Waals surface area (Å²) in [6.45, 7) is 3.93. The van der Waals surface area contributed by atoms with Crippen molar-refractivity contribution in [1.29, 1.82) is 0 Å². The van der Waals surface area contributed by atoms with Gasteiger partial charge in [0.25, 0.3) is 0 Å². The smallest absolute Gasteiger partial charge is 0.213 e. The van der Waals surface area contributed by atoms with Crippen molar-refractivity contribution in [3.05, 3.63) is 29.8 Å². The van der Waals surface area contributed by atoms with Crippen LogP contribution in [0.3, 0.4) is 0 Å². The third-order valence-electron chi connectivity index (χ3n) is 2.33. The molecule has 84 valence electrons. The summed E-state index contributed by atoms with van der Waals surface area (Å²) in [5.74, 6) is -0.403. The molecule has 0 unspecified atom stereocenters. The molecule has 0 aromatic carbocycles. The van der Waals surface area contributed by atoms with Crippen LogP contribution in [0.2, 0.25) is 0 Å². The molecule has 2 nitrogen and oxygen atoms in total. The van der Waals surface area contributed by atoms with Gasteiger partial charge in [0.1, 0.15) is 0 Å². The summed E-state index contributed by atoms with van der Waals surface area (Å²) in [6.07, 6.45) is 6.53. The van der Waals surface area contributed by atoms with Gasteiger partial charge in [-0.3, -0.25) is 0 Å². The van der Waals surface area contributed by atoms with Gasteiger partial charge in [0, 0.05) is 12.7 Å². The highest BCUT2D eigenvalue weighted by Gasteiger charge is 1.95. The van der Waals surface area contributed by atoms with Crippen molar-refractivity contribution < 1.29 is 4.39 Å². The van der Waals surface area contributed by atoms with E-state index in [9.17, 15) is 4.39 Å². The van der Waals surface area contributed by atoms with E-state index < -0.39 is 5.95 Å². The zero-order chi connectivity index (χ0) is 10.9. The first-order chi connectivity index (χ1) is 7.33. The van der Waals surface area contributed by atoms with Crippen LogP contribution in [0.1, 0.15) is 38.2 Å². The normalized spacial score (nSPS) is 10.5. The molecule has 15 heavy (non-hydrogen) atoms. The Morgan fingerprint density at radius 3 is 2.93 bits per heavy atom. The van der Waals surface area contributed by atoms with Gasteiger partial charge >= 0.3 is 0 Å². The summed E-state index contributed by atoms with van der Waals surface area (Å²) in [4.78, 5) is 3.51. The van der Waals surface area contributed by atoms with Crippen LogP contribution in [0.25, 0.3) is 0 Å². The Kier molecular flexibility index (Phi) is 5.93. The standard InChI is InChI=1S/C12H19FN2/c1-2-3-4-5-7-14-10-11-6-8-15-12(13)9-11/h6,8-9,14H,2-5,7,10H2,1H3. The molecule has 0 aliphatic carbocycles. The lowest BCUT2D eigenvalue weighted by molar-refractivity contribution is 0.572. The maximum atomic E-state index is 12.7. The van der Waals surface area contributed by atoms with Gasteiger partial charge in [-0.25, -0.2) is 4.98 Å². The second kappa shape index (κ2) is 7.35. The van der Waals surface area contributed by atoms with Crippen LogP contribution >= 0.6 is 0 Å². The molecule has 1 heterocycles. The highest BCUT2D eigenvalue weighted by atomic mass is 19.1. The molecule has 3 heteroatoms. The Hall–Kier alpha value is -0.960. The van der Waals surface area contributed by atoms with Crippen LogP contribution in [0.15, 0.2) is 18.3 Å². The average molecular weight is 210 g/mol. The Balaban J connectivity index is 2.10. The van der Waals surface area contributed by atoms with Gasteiger partial charge in [0.15, 0.2) is 0 Å². The van der Waals surface area contributed by atoms with Gasteiger partial charge in [-0.2, -0.15) is 4.39 Å². The topological polar surface area (TPSA) is 24.9 Å². The van der Waals surface area contributed by atoms with Gasteiger partial charge in [0.2, 0.25) is 5.95 Å². The Bertz CT molecular complexity index is 276. The number of nitrogens with one attached hydrogen (secondary N) is 1. The molecule has 0 saturated carbocycles. The number of nitrogens with zero attached hydrogens (tertiary/aromatic N) is 1. The SMILES string of the molecule is CCCCCCNCc1ccnc(F)c1. The zero-order valence-electron chi connectivity index (χ0n) is 9.30. The summed E-state index contributed by atoms with van der Waals surface area (Å²) in [7, 11) is 0. The van der Waals surface area contributed by atoms with E-state index in [1.54, 1.807) is 0 Å². The average Bonchev–Trinajstić information content (AvgIpc) is 2.23. The maximum absolute atomic E-state index is 12.7. The second-order valence-electron chi connectivity index (χ2n) is 3.72. The Morgan fingerprint density at radius 1 is 1.33 bits per heavy atom. The quantitative estimate of drug-likeness (QED) is 0.553. The van der Waals surface area contributed by atoms with Gasteiger partial charge in [-0.15, -0.1) is 0 Å². The van der Waals surface area contributed by atoms with Crippen LogP contribution in [-0.2, 0) is 6.54 Å². The number of unbranched alkanes of at least 4 members (excludes halogenated alkanes) is 3. The first-order valence-electron chi connectivity index (χ1n) is 5.64. The molecule has 0 atom stereocenters. The molecule has 0 aliphatic heterocycles. The monoisotopic (exact) mass is 210 g/mol. The van der Waals surface area contributed by atoms with Crippen LogP contribution < -0.4 is 5.32 Å². The predicted molar refractivity (Wildman–Crippen MR) is 60.0 cm³/mol. The Morgan fingerprint density at radius 2 is 2.20 bits per heavy atom. The van der Waals surface area contributed by atoms with Crippen molar-refractivity contribution in [2.24, 2.45) is 0 Å². The van der Waals surface area contributed by atoms with Gasteiger partial charge in [-0.1, -0.05) is 26.2 Å². The molecule has 0 amide bonds. The number of rotatable bonds is 7. The molecule has 1 aromatic rings. The van der Waals surface area contributed by atoms with E-state index in [1.165, 1.54) is 37.9 Å². The zero-order valence-corrected chi connectivity index (χ0v) is 9.30. The summed E-state index contributed by atoms with van der Waals surface area (Å²) >= 11 is 0. The van der Waals surface area contributed by atoms with Crippen molar-refractivity contribution in [1.82, 2.24) is 10.3 Å². The van der Waals surface area contributed by atoms with Crippen molar-refractivity contribution in [3.63, 3.8) is 0 Å². The van der Waals surface area contributed by atoms with Crippen molar-refractivity contribution >= 4 is 0 Å². The van der Waals surface area contributed by atoms with Gasteiger partial charge in [0.05, 0.1) is 0 Å². The summed E-state index contributed by atoms with van der Waals surface area (Å²) < 4.78 is 12.7. The highest BCUT2D eigenvalue weighted by molar-refractivity contribution is 5.10. The van der Waals surface area contributed by atoms with Crippen LogP contribution in [0.5, 0.6) is 0 Å². The minimum atomic E-state index is -0.403. The van der Waals surface area contributed by atoms with Gasteiger partial charge < -0.3 is 5.32 Å². The molecule has 1 N–H and O–H groups in total. The van der Waals surface area contributed by atoms with E-state index in [0.29, 0.717) is 0 Å². The van der Waals surface area contributed by atoms with Crippen LogP contribution in [0, 0.1) is 5.95 Å². The minimum absolute atomic E-state index is 0.403. The fraction of sp³-hybridized carbons (Fsp3) is 0.583.